The summed E-state index contributed by atoms with van der Waals surface area (Å²) in [5, 5.41) is 9.94. The van der Waals surface area contributed by atoms with Crippen molar-refractivity contribution in [3.05, 3.63) is 0 Å². The predicted molar refractivity (Wildman–Crippen MR) is 88.0 cm³/mol. The van der Waals surface area contributed by atoms with Crippen LogP contribution in [0.1, 0.15) is 25.7 Å². The quantitative estimate of drug-likeness (QED) is 0.690. The summed E-state index contributed by atoms with van der Waals surface area (Å²) in [6, 6.07) is 0.865. The molecule has 0 saturated carbocycles. The first-order chi connectivity index (χ1) is 10.8. The van der Waals surface area contributed by atoms with Crippen LogP contribution in [0, 0.1) is 5.92 Å². The Labute approximate surface area is 134 Å². The maximum atomic E-state index is 12.3. The number of nitrogens with one attached hydrogen (secondary N) is 3. The molecule has 0 aromatic rings. The number of nitrogens with zero attached hydrogens (tertiary/aromatic N) is 2. The van der Waals surface area contributed by atoms with Gasteiger partial charge < -0.3 is 20.9 Å². The van der Waals surface area contributed by atoms with Crippen LogP contribution in [0.4, 0.5) is 4.79 Å². The van der Waals surface area contributed by atoms with Crippen LogP contribution in [0.3, 0.4) is 0 Å². The summed E-state index contributed by atoms with van der Waals surface area (Å²) >= 11 is 0. The first-order valence-corrected chi connectivity index (χ1v) is 9.01. The Morgan fingerprint density at radius 3 is 2.14 bits per heavy atom. The fourth-order valence-electron chi connectivity index (χ4n) is 3.89. The summed E-state index contributed by atoms with van der Waals surface area (Å²) in [6.45, 7) is 9.13. The molecule has 0 spiro atoms. The van der Waals surface area contributed by atoms with Crippen LogP contribution < -0.4 is 16.0 Å². The van der Waals surface area contributed by atoms with Crippen molar-refractivity contribution < 1.29 is 4.79 Å². The third-order valence-corrected chi connectivity index (χ3v) is 5.43. The summed E-state index contributed by atoms with van der Waals surface area (Å²) < 4.78 is 0. The number of carbonyl (C=O) groups excluding carboxylic acids is 1. The third-order valence-electron chi connectivity index (χ3n) is 5.43. The molecular weight excluding hydrogens is 278 g/mol. The lowest BCUT2D eigenvalue weighted by molar-refractivity contribution is 0.0932. The molecule has 0 aliphatic carbocycles. The molecule has 3 fully saturated rings. The first kappa shape index (κ1) is 16.0. The van der Waals surface area contributed by atoms with Gasteiger partial charge in [-0.15, -0.1) is 0 Å². The molecule has 126 valence electrons. The van der Waals surface area contributed by atoms with E-state index in [1.807, 2.05) is 4.90 Å². The molecule has 0 atom stereocenters. The molecule has 2 amide bonds. The minimum absolute atomic E-state index is 0.142. The van der Waals surface area contributed by atoms with E-state index >= 15 is 0 Å². The zero-order valence-electron chi connectivity index (χ0n) is 13.6. The highest BCUT2D eigenvalue weighted by atomic mass is 16.2. The molecular formula is C16H31N5O. The second-order valence-electron chi connectivity index (χ2n) is 6.88. The van der Waals surface area contributed by atoms with Gasteiger partial charge >= 0.3 is 6.03 Å². The fraction of sp³-hybridized carbons (Fsp3) is 0.938. The zero-order chi connectivity index (χ0) is 15.2. The monoisotopic (exact) mass is 309 g/mol. The van der Waals surface area contributed by atoms with Crippen LogP contribution >= 0.6 is 0 Å². The second-order valence-corrected chi connectivity index (χ2v) is 6.88. The molecule has 0 aromatic carbocycles. The van der Waals surface area contributed by atoms with E-state index in [0.29, 0.717) is 5.92 Å². The van der Waals surface area contributed by atoms with Crippen molar-refractivity contribution in [2.45, 2.75) is 31.7 Å². The molecule has 3 rings (SSSR count). The van der Waals surface area contributed by atoms with E-state index in [2.05, 4.69) is 20.9 Å². The Bertz CT molecular complexity index is 344. The van der Waals surface area contributed by atoms with E-state index < -0.39 is 0 Å². The van der Waals surface area contributed by atoms with E-state index in [9.17, 15) is 4.79 Å². The van der Waals surface area contributed by atoms with Gasteiger partial charge in [0.1, 0.15) is 0 Å². The molecule has 6 heteroatoms. The Morgan fingerprint density at radius 2 is 1.50 bits per heavy atom. The van der Waals surface area contributed by atoms with Crippen molar-refractivity contribution in [2.75, 3.05) is 58.9 Å². The van der Waals surface area contributed by atoms with Gasteiger partial charge in [-0.3, -0.25) is 4.90 Å². The van der Waals surface area contributed by atoms with Gasteiger partial charge in [0.15, 0.2) is 0 Å². The molecule has 3 aliphatic rings. The lowest BCUT2D eigenvalue weighted by atomic mass is 9.98. The molecule has 3 aliphatic heterocycles. The average Bonchev–Trinajstić information content (AvgIpc) is 2.61. The highest BCUT2D eigenvalue weighted by Gasteiger charge is 2.27. The standard InChI is InChI=1S/C16H31N5O/c22-16(19-13-14-1-5-17-6-2-14)21-11-9-20(10-12-21)15-3-7-18-8-4-15/h14-15,17-18H,1-13H2,(H,19,22). The Hall–Kier alpha value is -0.850. The number of rotatable bonds is 3. The highest BCUT2D eigenvalue weighted by Crippen LogP contribution is 2.15. The molecule has 22 heavy (non-hydrogen) atoms. The van der Waals surface area contributed by atoms with Gasteiger partial charge in [-0.05, 0) is 57.8 Å². The number of hydrogen-bond acceptors (Lipinski definition) is 4. The Balaban J connectivity index is 1.36. The van der Waals surface area contributed by atoms with E-state index in [-0.39, 0.29) is 6.03 Å². The van der Waals surface area contributed by atoms with Crippen LogP contribution in [0.15, 0.2) is 0 Å². The van der Waals surface area contributed by atoms with Crippen molar-refractivity contribution in [3.8, 4) is 0 Å². The summed E-state index contributed by atoms with van der Waals surface area (Å²) in [5.74, 6) is 0.654. The molecule has 0 radical (unpaired) electrons. The SMILES string of the molecule is O=C(NCC1CCNCC1)N1CCN(C2CCNCC2)CC1. The predicted octanol–water partition coefficient (Wildman–Crippen LogP) is 0.0652. The van der Waals surface area contributed by atoms with Crippen molar-refractivity contribution in [1.82, 2.24) is 25.8 Å². The van der Waals surface area contributed by atoms with Crippen molar-refractivity contribution in [1.29, 1.82) is 0 Å². The molecule has 0 aromatic heterocycles. The number of amides is 2. The second kappa shape index (κ2) is 8.13. The molecule has 3 saturated heterocycles. The minimum Gasteiger partial charge on any atom is -0.338 e. The van der Waals surface area contributed by atoms with Crippen LogP contribution in [0.2, 0.25) is 0 Å². The summed E-state index contributed by atoms with van der Waals surface area (Å²) in [5.41, 5.74) is 0. The van der Waals surface area contributed by atoms with E-state index in [0.717, 1.165) is 64.9 Å². The first-order valence-electron chi connectivity index (χ1n) is 9.01. The maximum Gasteiger partial charge on any atom is 0.317 e. The van der Waals surface area contributed by atoms with E-state index in [1.54, 1.807) is 0 Å². The molecule has 3 heterocycles. The lowest BCUT2D eigenvalue weighted by Gasteiger charge is -2.40. The third kappa shape index (κ3) is 4.33. The van der Waals surface area contributed by atoms with Gasteiger partial charge in [0.25, 0.3) is 0 Å². The molecule has 0 unspecified atom stereocenters. The summed E-state index contributed by atoms with van der Waals surface area (Å²) in [6.07, 6.45) is 4.87. The number of piperazine rings is 1. The minimum atomic E-state index is 0.142. The molecule has 0 bridgehead atoms. The van der Waals surface area contributed by atoms with Gasteiger partial charge in [-0.1, -0.05) is 0 Å². The van der Waals surface area contributed by atoms with Gasteiger partial charge in [0.2, 0.25) is 0 Å². The van der Waals surface area contributed by atoms with Crippen molar-refractivity contribution in [2.24, 2.45) is 5.92 Å². The van der Waals surface area contributed by atoms with Crippen molar-refractivity contribution in [3.63, 3.8) is 0 Å². The zero-order valence-corrected chi connectivity index (χ0v) is 13.6. The topological polar surface area (TPSA) is 59.6 Å². The number of piperidine rings is 2. The number of carbonyl (C=O) groups is 1. The smallest absolute Gasteiger partial charge is 0.317 e. The fourth-order valence-corrected chi connectivity index (χ4v) is 3.89. The highest BCUT2D eigenvalue weighted by molar-refractivity contribution is 5.74. The van der Waals surface area contributed by atoms with E-state index in [4.69, 9.17) is 0 Å². The average molecular weight is 309 g/mol. The van der Waals surface area contributed by atoms with Crippen molar-refractivity contribution >= 4 is 6.03 Å². The normalized spacial score (nSPS) is 26.1. The van der Waals surface area contributed by atoms with Crippen LogP contribution in [0.25, 0.3) is 0 Å². The van der Waals surface area contributed by atoms with E-state index in [1.165, 1.54) is 25.7 Å². The lowest BCUT2D eigenvalue weighted by Crippen LogP contribution is -2.56. The van der Waals surface area contributed by atoms with Gasteiger partial charge in [0, 0.05) is 38.8 Å². The van der Waals surface area contributed by atoms with Crippen LogP contribution in [-0.2, 0) is 0 Å². The van der Waals surface area contributed by atoms with Gasteiger partial charge in [0.05, 0.1) is 0 Å². The Kier molecular flexibility index (Phi) is 5.92. The molecule has 6 nitrogen and oxygen atoms in total. The summed E-state index contributed by atoms with van der Waals surface area (Å²) in [7, 11) is 0. The van der Waals surface area contributed by atoms with Crippen LogP contribution in [-0.4, -0.2) is 80.8 Å². The van der Waals surface area contributed by atoms with Gasteiger partial charge in [-0.2, -0.15) is 0 Å². The number of urea groups is 1. The Morgan fingerprint density at radius 1 is 0.909 bits per heavy atom. The largest absolute Gasteiger partial charge is 0.338 e. The maximum absolute atomic E-state index is 12.3. The summed E-state index contributed by atoms with van der Waals surface area (Å²) in [4.78, 5) is 16.9. The van der Waals surface area contributed by atoms with Gasteiger partial charge in [-0.25, -0.2) is 4.79 Å². The number of hydrogen-bond donors (Lipinski definition) is 3. The molecule has 3 N–H and O–H groups in total. The van der Waals surface area contributed by atoms with Crippen LogP contribution in [0.5, 0.6) is 0 Å².